The van der Waals surface area contributed by atoms with Gasteiger partial charge >= 0.3 is 5.97 Å². The molecule has 3 nitrogen and oxygen atoms in total. The van der Waals surface area contributed by atoms with E-state index in [0.717, 1.165) is 13.0 Å². The molecule has 0 heterocycles. The minimum absolute atomic E-state index is 0.140. The highest BCUT2D eigenvalue weighted by atomic mass is 16.5. The molecular weight excluding hydrogens is 214 g/mol. The third-order valence-electron chi connectivity index (χ3n) is 2.75. The van der Waals surface area contributed by atoms with Gasteiger partial charge in [0.2, 0.25) is 0 Å². The van der Waals surface area contributed by atoms with E-state index < -0.39 is 0 Å². The highest BCUT2D eigenvalue weighted by Crippen LogP contribution is 2.17. The second kappa shape index (κ2) is 6.28. The number of hydrogen-bond donors (Lipinski definition) is 0. The second-order valence-electron chi connectivity index (χ2n) is 4.45. The highest BCUT2D eigenvalue weighted by molar-refractivity contribution is 5.69. The van der Waals surface area contributed by atoms with E-state index in [1.165, 1.54) is 23.9 Å². The molecule has 1 rings (SSSR count). The lowest BCUT2D eigenvalue weighted by Crippen LogP contribution is -2.19. The lowest BCUT2D eigenvalue weighted by Gasteiger charge is -2.20. The standard InChI is InChI=1S/C14H21NO2/c1-11-8-12(2)10-13(9-11)15(3)7-5-6-14(16)17-4/h8-10H,5-7H2,1-4H3. The number of benzene rings is 1. The number of aryl methyl sites for hydroxylation is 2. The zero-order valence-corrected chi connectivity index (χ0v) is 11.1. The molecule has 0 unspecified atom stereocenters. The van der Waals surface area contributed by atoms with Gasteiger partial charge in [-0.25, -0.2) is 0 Å². The van der Waals surface area contributed by atoms with Crippen LogP contribution in [0.15, 0.2) is 18.2 Å². The van der Waals surface area contributed by atoms with Gasteiger partial charge in [-0.2, -0.15) is 0 Å². The summed E-state index contributed by atoms with van der Waals surface area (Å²) in [5.74, 6) is -0.140. The van der Waals surface area contributed by atoms with Gasteiger partial charge in [-0.15, -0.1) is 0 Å². The maximum atomic E-state index is 11.0. The first-order chi connectivity index (χ1) is 8.02. The maximum Gasteiger partial charge on any atom is 0.305 e. The Labute approximate surface area is 103 Å². The molecule has 0 radical (unpaired) electrons. The van der Waals surface area contributed by atoms with Crippen LogP contribution in [0.3, 0.4) is 0 Å². The summed E-state index contributed by atoms with van der Waals surface area (Å²) < 4.78 is 4.62. The fraction of sp³-hybridized carbons (Fsp3) is 0.500. The summed E-state index contributed by atoms with van der Waals surface area (Å²) in [5, 5.41) is 0. The van der Waals surface area contributed by atoms with Gasteiger partial charge in [0.25, 0.3) is 0 Å². The van der Waals surface area contributed by atoms with E-state index in [1.807, 2.05) is 7.05 Å². The molecule has 0 aliphatic carbocycles. The Balaban J connectivity index is 2.52. The molecule has 0 fully saturated rings. The molecule has 0 aromatic heterocycles. The first-order valence-electron chi connectivity index (χ1n) is 5.89. The Bertz CT molecular complexity index is 368. The van der Waals surface area contributed by atoms with Crippen LogP contribution >= 0.6 is 0 Å². The van der Waals surface area contributed by atoms with Crippen LogP contribution in [0.5, 0.6) is 0 Å². The molecule has 0 atom stereocenters. The predicted octanol–water partition coefficient (Wildman–Crippen LogP) is 2.69. The zero-order valence-electron chi connectivity index (χ0n) is 11.1. The van der Waals surface area contributed by atoms with Gasteiger partial charge in [-0.05, 0) is 43.5 Å². The van der Waals surface area contributed by atoms with Crippen molar-refractivity contribution in [2.75, 3.05) is 25.6 Å². The molecule has 0 saturated heterocycles. The average Bonchev–Trinajstić information content (AvgIpc) is 2.27. The van der Waals surface area contributed by atoms with E-state index in [2.05, 4.69) is 41.7 Å². The molecule has 3 heteroatoms. The lowest BCUT2D eigenvalue weighted by atomic mass is 10.1. The Hall–Kier alpha value is -1.51. The number of esters is 1. The molecule has 94 valence electrons. The Morgan fingerprint density at radius 2 is 1.82 bits per heavy atom. The van der Waals surface area contributed by atoms with Crippen LogP contribution in [0.1, 0.15) is 24.0 Å². The molecule has 0 bridgehead atoms. The van der Waals surface area contributed by atoms with Crippen LogP contribution in [0.4, 0.5) is 5.69 Å². The number of nitrogens with zero attached hydrogens (tertiary/aromatic N) is 1. The third-order valence-corrected chi connectivity index (χ3v) is 2.75. The third kappa shape index (κ3) is 4.47. The summed E-state index contributed by atoms with van der Waals surface area (Å²) in [7, 11) is 3.47. The number of anilines is 1. The Morgan fingerprint density at radius 3 is 2.35 bits per heavy atom. The van der Waals surface area contributed by atoms with Crippen molar-refractivity contribution in [3.8, 4) is 0 Å². The number of carbonyl (C=O) groups is 1. The average molecular weight is 235 g/mol. The first-order valence-corrected chi connectivity index (χ1v) is 5.89. The van der Waals surface area contributed by atoms with E-state index in [4.69, 9.17) is 0 Å². The number of ether oxygens (including phenoxy) is 1. The number of methoxy groups -OCH3 is 1. The van der Waals surface area contributed by atoms with Gasteiger partial charge in [-0.1, -0.05) is 6.07 Å². The van der Waals surface area contributed by atoms with Gasteiger partial charge in [0.05, 0.1) is 7.11 Å². The smallest absolute Gasteiger partial charge is 0.305 e. The first kappa shape index (κ1) is 13.6. The fourth-order valence-corrected chi connectivity index (χ4v) is 1.86. The monoisotopic (exact) mass is 235 g/mol. The summed E-state index contributed by atoms with van der Waals surface area (Å²) in [6.45, 7) is 5.05. The van der Waals surface area contributed by atoms with Crippen molar-refractivity contribution < 1.29 is 9.53 Å². The van der Waals surface area contributed by atoms with E-state index in [-0.39, 0.29) is 5.97 Å². The lowest BCUT2D eigenvalue weighted by molar-refractivity contribution is -0.140. The Kier molecular flexibility index (Phi) is 5.01. The van der Waals surface area contributed by atoms with Crippen molar-refractivity contribution in [3.05, 3.63) is 29.3 Å². The molecule has 0 amide bonds. The molecule has 17 heavy (non-hydrogen) atoms. The molecule has 1 aromatic rings. The summed E-state index contributed by atoms with van der Waals surface area (Å²) in [4.78, 5) is 13.2. The van der Waals surface area contributed by atoms with Gasteiger partial charge in [0.15, 0.2) is 0 Å². The predicted molar refractivity (Wildman–Crippen MR) is 70.4 cm³/mol. The van der Waals surface area contributed by atoms with Crippen LogP contribution in [0, 0.1) is 13.8 Å². The van der Waals surface area contributed by atoms with Gasteiger partial charge < -0.3 is 9.64 Å². The SMILES string of the molecule is COC(=O)CCCN(C)c1cc(C)cc(C)c1. The quantitative estimate of drug-likeness (QED) is 0.735. The van der Waals surface area contributed by atoms with Crippen molar-refractivity contribution in [3.63, 3.8) is 0 Å². The van der Waals surface area contributed by atoms with Crippen LogP contribution < -0.4 is 4.90 Å². The topological polar surface area (TPSA) is 29.5 Å². The molecule has 0 aliphatic heterocycles. The van der Waals surface area contributed by atoms with Crippen molar-refractivity contribution in [2.24, 2.45) is 0 Å². The second-order valence-corrected chi connectivity index (χ2v) is 4.45. The molecule has 0 aliphatic rings. The van der Waals surface area contributed by atoms with Crippen LogP contribution in [-0.4, -0.2) is 26.7 Å². The van der Waals surface area contributed by atoms with Crippen LogP contribution in [-0.2, 0) is 9.53 Å². The van der Waals surface area contributed by atoms with Crippen molar-refractivity contribution in [2.45, 2.75) is 26.7 Å². The zero-order chi connectivity index (χ0) is 12.8. The van der Waals surface area contributed by atoms with Gasteiger partial charge in [0, 0.05) is 25.7 Å². The number of carbonyl (C=O) groups excluding carboxylic acids is 1. The van der Waals surface area contributed by atoms with Crippen LogP contribution in [0.2, 0.25) is 0 Å². The maximum absolute atomic E-state index is 11.0. The minimum atomic E-state index is -0.140. The van der Waals surface area contributed by atoms with E-state index in [0.29, 0.717) is 6.42 Å². The molecular formula is C14H21NO2. The van der Waals surface area contributed by atoms with E-state index in [1.54, 1.807) is 0 Å². The number of rotatable bonds is 5. The van der Waals surface area contributed by atoms with E-state index >= 15 is 0 Å². The summed E-state index contributed by atoms with van der Waals surface area (Å²) in [6, 6.07) is 6.47. The van der Waals surface area contributed by atoms with Crippen molar-refractivity contribution in [1.82, 2.24) is 0 Å². The summed E-state index contributed by atoms with van der Waals surface area (Å²) >= 11 is 0. The largest absolute Gasteiger partial charge is 0.469 e. The van der Waals surface area contributed by atoms with Gasteiger partial charge in [-0.3, -0.25) is 4.79 Å². The van der Waals surface area contributed by atoms with E-state index in [9.17, 15) is 4.79 Å². The normalized spacial score (nSPS) is 10.1. The van der Waals surface area contributed by atoms with Crippen molar-refractivity contribution in [1.29, 1.82) is 0 Å². The Morgan fingerprint density at radius 1 is 1.24 bits per heavy atom. The summed E-state index contributed by atoms with van der Waals surface area (Å²) in [5.41, 5.74) is 3.73. The molecule has 0 spiro atoms. The molecule has 0 saturated carbocycles. The van der Waals surface area contributed by atoms with Crippen LogP contribution in [0.25, 0.3) is 0 Å². The molecule has 0 N–H and O–H groups in total. The van der Waals surface area contributed by atoms with Gasteiger partial charge in [0.1, 0.15) is 0 Å². The summed E-state index contributed by atoms with van der Waals surface area (Å²) in [6.07, 6.45) is 1.29. The minimum Gasteiger partial charge on any atom is -0.469 e. The van der Waals surface area contributed by atoms with Crippen molar-refractivity contribution >= 4 is 11.7 Å². The number of hydrogen-bond acceptors (Lipinski definition) is 3. The molecule has 1 aromatic carbocycles. The fourth-order valence-electron chi connectivity index (χ4n) is 1.86. The highest BCUT2D eigenvalue weighted by Gasteiger charge is 2.04.